The van der Waals surface area contributed by atoms with Crippen molar-refractivity contribution in [2.45, 2.75) is 5.38 Å². The van der Waals surface area contributed by atoms with E-state index in [-0.39, 0.29) is 5.56 Å². The summed E-state index contributed by atoms with van der Waals surface area (Å²) < 4.78 is 28.0. The maximum absolute atomic E-state index is 13.7. The highest BCUT2D eigenvalue weighted by Crippen LogP contribution is 2.38. The van der Waals surface area contributed by atoms with Crippen molar-refractivity contribution in [1.29, 1.82) is 0 Å². The molecule has 0 fully saturated rings. The van der Waals surface area contributed by atoms with Gasteiger partial charge in [0.2, 0.25) is 0 Å². The Morgan fingerprint density at radius 1 is 1.00 bits per heavy atom. The van der Waals surface area contributed by atoms with Gasteiger partial charge in [0.05, 0.1) is 5.38 Å². The van der Waals surface area contributed by atoms with E-state index in [0.717, 1.165) is 33.2 Å². The number of halogens is 3. The minimum absolute atomic E-state index is 0.174. The molecule has 3 rings (SSSR count). The largest absolute Gasteiger partial charge is 0.207 e. The van der Waals surface area contributed by atoms with Crippen molar-refractivity contribution in [3.8, 4) is 0 Å². The molecule has 1 aromatic heterocycles. The number of fused-ring (bicyclic) bond motifs is 1. The lowest BCUT2D eigenvalue weighted by molar-refractivity contribution is 0.587. The molecule has 0 saturated carbocycles. The molecule has 19 heavy (non-hydrogen) atoms. The molecule has 1 heterocycles. The summed E-state index contributed by atoms with van der Waals surface area (Å²) >= 11 is 7.78. The van der Waals surface area contributed by atoms with E-state index in [1.54, 1.807) is 0 Å². The van der Waals surface area contributed by atoms with Crippen LogP contribution in [-0.4, -0.2) is 0 Å². The van der Waals surface area contributed by atoms with Gasteiger partial charge in [-0.2, -0.15) is 0 Å². The fourth-order valence-electron chi connectivity index (χ4n) is 1.99. The summed E-state index contributed by atoms with van der Waals surface area (Å²) in [5, 5.41) is 0.387. The van der Waals surface area contributed by atoms with Crippen LogP contribution in [0.5, 0.6) is 0 Å². The average Bonchev–Trinajstić information content (AvgIpc) is 2.84. The molecule has 0 N–H and O–H groups in total. The lowest BCUT2D eigenvalue weighted by Crippen LogP contribution is -1.95. The van der Waals surface area contributed by atoms with Crippen molar-refractivity contribution >= 4 is 33.0 Å². The van der Waals surface area contributed by atoms with Crippen molar-refractivity contribution in [3.63, 3.8) is 0 Å². The molecule has 0 amide bonds. The SMILES string of the molecule is Fc1ccc(F)c(C(Cl)c2cc3ccccc3s2)c1. The highest BCUT2D eigenvalue weighted by atomic mass is 35.5. The van der Waals surface area contributed by atoms with Crippen molar-refractivity contribution in [2.24, 2.45) is 0 Å². The molecule has 0 bridgehead atoms. The predicted octanol–water partition coefficient (Wildman–Crippen LogP) is 5.51. The van der Waals surface area contributed by atoms with Gasteiger partial charge in [-0.1, -0.05) is 18.2 Å². The van der Waals surface area contributed by atoms with E-state index in [4.69, 9.17) is 11.6 Å². The van der Waals surface area contributed by atoms with Crippen molar-refractivity contribution < 1.29 is 8.78 Å². The van der Waals surface area contributed by atoms with E-state index in [0.29, 0.717) is 0 Å². The van der Waals surface area contributed by atoms with Crippen LogP contribution in [0, 0.1) is 11.6 Å². The third-order valence-electron chi connectivity index (χ3n) is 2.93. The number of benzene rings is 2. The first-order valence-electron chi connectivity index (χ1n) is 5.72. The molecule has 0 aliphatic heterocycles. The first-order chi connectivity index (χ1) is 9.15. The van der Waals surface area contributed by atoms with E-state index in [1.165, 1.54) is 11.3 Å². The molecule has 0 nitrogen and oxygen atoms in total. The van der Waals surface area contributed by atoms with Gasteiger partial charge in [-0.05, 0) is 35.7 Å². The van der Waals surface area contributed by atoms with Crippen LogP contribution in [0.4, 0.5) is 8.78 Å². The summed E-state index contributed by atoms with van der Waals surface area (Å²) in [6, 6.07) is 13.1. The quantitative estimate of drug-likeness (QED) is 0.547. The van der Waals surface area contributed by atoms with Crippen LogP contribution >= 0.6 is 22.9 Å². The summed E-state index contributed by atoms with van der Waals surface area (Å²) in [7, 11) is 0. The second-order valence-electron chi connectivity index (χ2n) is 4.21. The van der Waals surface area contributed by atoms with Gasteiger partial charge < -0.3 is 0 Å². The van der Waals surface area contributed by atoms with Crippen LogP contribution in [0.3, 0.4) is 0 Å². The Hall–Kier alpha value is -1.45. The molecule has 0 aliphatic rings. The molecule has 1 atom stereocenters. The van der Waals surface area contributed by atoms with E-state index in [2.05, 4.69) is 0 Å². The fraction of sp³-hybridized carbons (Fsp3) is 0.0667. The summed E-state index contributed by atoms with van der Waals surface area (Å²) in [6.45, 7) is 0. The molecule has 0 saturated heterocycles. The van der Waals surface area contributed by atoms with E-state index < -0.39 is 17.0 Å². The van der Waals surface area contributed by atoms with Crippen LogP contribution < -0.4 is 0 Å². The first kappa shape index (κ1) is 12.6. The molecule has 2 aromatic carbocycles. The first-order valence-corrected chi connectivity index (χ1v) is 6.98. The second kappa shape index (κ2) is 4.91. The van der Waals surface area contributed by atoms with Gasteiger partial charge in [-0.25, -0.2) is 8.78 Å². The van der Waals surface area contributed by atoms with Gasteiger partial charge in [0, 0.05) is 15.1 Å². The predicted molar refractivity (Wildman–Crippen MR) is 75.9 cm³/mol. The molecule has 3 aromatic rings. The minimum Gasteiger partial charge on any atom is -0.207 e. The summed E-state index contributed by atoms with van der Waals surface area (Å²) in [5.41, 5.74) is 0.174. The lowest BCUT2D eigenvalue weighted by atomic mass is 10.1. The van der Waals surface area contributed by atoms with Crippen molar-refractivity contribution in [1.82, 2.24) is 0 Å². The minimum atomic E-state index is -0.673. The summed E-state index contributed by atoms with van der Waals surface area (Å²) in [4.78, 5) is 0.812. The van der Waals surface area contributed by atoms with Gasteiger partial charge in [-0.15, -0.1) is 22.9 Å². The zero-order valence-corrected chi connectivity index (χ0v) is 11.3. The molecule has 0 aliphatic carbocycles. The average molecular weight is 295 g/mol. The van der Waals surface area contributed by atoms with Gasteiger partial charge in [0.25, 0.3) is 0 Å². The Kier molecular flexibility index (Phi) is 3.25. The number of hydrogen-bond donors (Lipinski definition) is 0. The van der Waals surface area contributed by atoms with E-state index >= 15 is 0 Å². The zero-order valence-electron chi connectivity index (χ0n) is 9.74. The van der Waals surface area contributed by atoms with Gasteiger partial charge in [0.15, 0.2) is 0 Å². The Morgan fingerprint density at radius 2 is 1.79 bits per heavy atom. The van der Waals surface area contributed by atoms with Gasteiger partial charge in [-0.3, -0.25) is 0 Å². The Bertz CT molecular complexity index is 703. The molecule has 4 heteroatoms. The van der Waals surface area contributed by atoms with E-state index in [1.807, 2.05) is 30.3 Å². The highest BCUT2D eigenvalue weighted by molar-refractivity contribution is 7.19. The maximum Gasteiger partial charge on any atom is 0.128 e. The fourth-order valence-corrected chi connectivity index (χ4v) is 3.41. The third kappa shape index (κ3) is 2.36. The number of rotatable bonds is 2. The normalized spacial score (nSPS) is 12.8. The van der Waals surface area contributed by atoms with Crippen LogP contribution in [0.25, 0.3) is 10.1 Å². The number of alkyl halides is 1. The van der Waals surface area contributed by atoms with Crippen LogP contribution in [0.1, 0.15) is 15.8 Å². The van der Waals surface area contributed by atoms with Crippen LogP contribution in [0.15, 0.2) is 48.5 Å². The van der Waals surface area contributed by atoms with Crippen LogP contribution in [-0.2, 0) is 0 Å². The van der Waals surface area contributed by atoms with Crippen molar-refractivity contribution in [3.05, 3.63) is 70.6 Å². The Balaban J connectivity index is 2.07. The highest BCUT2D eigenvalue weighted by Gasteiger charge is 2.18. The van der Waals surface area contributed by atoms with Crippen molar-refractivity contribution in [2.75, 3.05) is 0 Å². The molecule has 1 unspecified atom stereocenters. The van der Waals surface area contributed by atoms with E-state index in [9.17, 15) is 8.78 Å². The number of hydrogen-bond acceptors (Lipinski definition) is 1. The van der Waals surface area contributed by atoms with Gasteiger partial charge >= 0.3 is 0 Å². The molecule has 0 radical (unpaired) electrons. The molecule has 96 valence electrons. The van der Waals surface area contributed by atoms with Crippen LogP contribution in [0.2, 0.25) is 0 Å². The third-order valence-corrected chi connectivity index (χ3v) is 4.71. The monoisotopic (exact) mass is 294 g/mol. The van der Waals surface area contributed by atoms with Gasteiger partial charge in [0.1, 0.15) is 11.6 Å². The molecular weight excluding hydrogens is 286 g/mol. The number of thiophene rings is 1. The Labute approximate surface area is 118 Å². The smallest absolute Gasteiger partial charge is 0.128 e. The second-order valence-corrected chi connectivity index (χ2v) is 5.77. The Morgan fingerprint density at radius 3 is 2.58 bits per heavy atom. The summed E-state index contributed by atoms with van der Waals surface area (Å²) in [6.07, 6.45) is 0. The lowest BCUT2D eigenvalue weighted by Gasteiger charge is -2.08. The standard InChI is InChI=1S/C15H9ClF2S/c16-15(11-8-10(17)5-6-12(11)18)14-7-9-3-1-2-4-13(9)19-14/h1-8,15H. The maximum atomic E-state index is 13.7. The summed E-state index contributed by atoms with van der Waals surface area (Å²) in [5.74, 6) is -0.970. The zero-order chi connectivity index (χ0) is 13.4. The topological polar surface area (TPSA) is 0 Å². The molecule has 0 spiro atoms. The molecular formula is C15H9ClF2S.